The molecule has 0 fully saturated rings. The van der Waals surface area contributed by atoms with Crippen LogP contribution in [0.1, 0.15) is 13.8 Å². The molecule has 0 heterocycles. The number of ether oxygens (including phenoxy) is 2. The van der Waals surface area contributed by atoms with Gasteiger partial charge in [0.15, 0.2) is 0 Å². The standard InChI is InChI=1S/C19H18O3/c1-4-14(3)21-17-10-6-15(7-11-17)16-8-12-18(13-9-16)22-19(20)5-2/h4-13H,2H2,1,3H3/b14-4-. The van der Waals surface area contributed by atoms with Crippen LogP contribution in [-0.4, -0.2) is 5.97 Å². The van der Waals surface area contributed by atoms with Gasteiger partial charge in [-0.15, -0.1) is 0 Å². The van der Waals surface area contributed by atoms with Gasteiger partial charge in [-0.2, -0.15) is 0 Å². The molecule has 3 nitrogen and oxygen atoms in total. The van der Waals surface area contributed by atoms with E-state index in [9.17, 15) is 4.79 Å². The molecule has 0 saturated carbocycles. The summed E-state index contributed by atoms with van der Waals surface area (Å²) >= 11 is 0. The first-order valence-corrected chi connectivity index (χ1v) is 6.98. The Morgan fingerprint density at radius 3 is 1.77 bits per heavy atom. The number of esters is 1. The Morgan fingerprint density at radius 2 is 1.36 bits per heavy atom. The summed E-state index contributed by atoms with van der Waals surface area (Å²) in [5, 5.41) is 0. The zero-order chi connectivity index (χ0) is 15.9. The van der Waals surface area contributed by atoms with E-state index in [2.05, 4.69) is 6.58 Å². The van der Waals surface area contributed by atoms with Crippen molar-refractivity contribution in [1.82, 2.24) is 0 Å². The quantitative estimate of drug-likeness (QED) is 0.345. The number of allylic oxidation sites excluding steroid dienone is 2. The third kappa shape index (κ3) is 4.09. The zero-order valence-corrected chi connectivity index (χ0v) is 12.7. The number of carbonyl (C=O) groups excluding carboxylic acids is 1. The second-order valence-corrected chi connectivity index (χ2v) is 4.68. The van der Waals surface area contributed by atoms with Gasteiger partial charge in [0, 0.05) is 6.08 Å². The van der Waals surface area contributed by atoms with Crippen LogP contribution in [-0.2, 0) is 4.79 Å². The fourth-order valence-electron chi connectivity index (χ4n) is 1.83. The van der Waals surface area contributed by atoms with Crippen LogP contribution < -0.4 is 9.47 Å². The summed E-state index contributed by atoms with van der Waals surface area (Å²) in [5.41, 5.74) is 2.10. The number of carbonyl (C=O) groups is 1. The van der Waals surface area contributed by atoms with Crippen molar-refractivity contribution in [1.29, 1.82) is 0 Å². The molecular weight excluding hydrogens is 276 g/mol. The molecule has 2 rings (SSSR count). The third-order valence-corrected chi connectivity index (χ3v) is 3.11. The molecule has 0 radical (unpaired) electrons. The highest BCUT2D eigenvalue weighted by molar-refractivity contribution is 5.83. The molecule has 0 bridgehead atoms. The van der Waals surface area contributed by atoms with Gasteiger partial charge in [-0.05, 0) is 55.3 Å². The lowest BCUT2D eigenvalue weighted by molar-refractivity contribution is -0.128. The van der Waals surface area contributed by atoms with Gasteiger partial charge >= 0.3 is 5.97 Å². The molecule has 2 aromatic carbocycles. The van der Waals surface area contributed by atoms with E-state index in [0.717, 1.165) is 28.7 Å². The van der Waals surface area contributed by atoms with Crippen molar-refractivity contribution in [3.05, 3.63) is 73.0 Å². The molecule has 0 aliphatic rings. The van der Waals surface area contributed by atoms with Crippen molar-refractivity contribution in [2.45, 2.75) is 13.8 Å². The maximum Gasteiger partial charge on any atom is 0.335 e. The highest BCUT2D eigenvalue weighted by Crippen LogP contribution is 2.25. The Hall–Kier alpha value is -2.81. The maximum atomic E-state index is 11.1. The Bertz CT molecular complexity index is 634. The first-order chi connectivity index (χ1) is 10.6. The van der Waals surface area contributed by atoms with Crippen LogP contribution in [0.2, 0.25) is 0 Å². The first-order valence-electron chi connectivity index (χ1n) is 6.98. The van der Waals surface area contributed by atoms with Crippen LogP contribution in [0.4, 0.5) is 0 Å². The van der Waals surface area contributed by atoms with Crippen LogP contribution in [0, 0.1) is 0 Å². The van der Waals surface area contributed by atoms with Crippen molar-refractivity contribution in [3.63, 3.8) is 0 Å². The molecule has 2 aromatic rings. The summed E-state index contributed by atoms with van der Waals surface area (Å²) in [5.74, 6) is 1.70. The summed E-state index contributed by atoms with van der Waals surface area (Å²) < 4.78 is 10.7. The SMILES string of the molecule is C=CC(=O)Oc1ccc(-c2ccc(O/C(C)=C\C)cc2)cc1. The minimum Gasteiger partial charge on any atom is -0.462 e. The molecule has 0 saturated heterocycles. The van der Waals surface area contributed by atoms with E-state index in [1.54, 1.807) is 12.1 Å². The molecule has 0 N–H and O–H groups in total. The Kier molecular flexibility index (Phi) is 5.15. The molecule has 0 aliphatic heterocycles. The minimum atomic E-state index is -0.464. The molecule has 0 amide bonds. The molecule has 0 aromatic heterocycles. The van der Waals surface area contributed by atoms with E-state index >= 15 is 0 Å². The highest BCUT2D eigenvalue weighted by atomic mass is 16.5. The average Bonchev–Trinajstić information content (AvgIpc) is 2.56. The van der Waals surface area contributed by atoms with Gasteiger partial charge in [-0.1, -0.05) is 30.8 Å². The predicted octanol–water partition coefficient (Wildman–Crippen LogP) is 4.75. The zero-order valence-electron chi connectivity index (χ0n) is 12.7. The van der Waals surface area contributed by atoms with Gasteiger partial charge in [0.1, 0.15) is 11.5 Å². The lowest BCUT2D eigenvalue weighted by Gasteiger charge is -2.07. The summed E-state index contributed by atoms with van der Waals surface area (Å²) in [7, 11) is 0. The second-order valence-electron chi connectivity index (χ2n) is 4.68. The van der Waals surface area contributed by atoms with Gasteiger partial charge in [-0.3, -0.25) is 0 Å². The van der Waals surface area contributed by atoms with Crippen molar-refractivity contribution in [2.24, 2.45) is 0 Å². The fourth-order valence-corrected chi connectivity index (χ4v) is 1.83. The van der Waals surface area contributed by atoms with Crippen molar-refractivity contribution < 1.29 is 14.3 Å². The monoisotopic (exact) mass is 294 g/mol. The number of benzene rings is 2. The van der Waals surface area contributed by atoms with Crippen LogP contribution in [0.25, 0.3) is 11.1 Å². The molecule has 3 heteroatoms. The van der Waals surface area contributed by atoms with Crippen molar-refractivity contribution in [2.75, 3.05) is 0 Å². The van der Waals surface area contributed by atoms with Crippen LogP contribution >= 0.6 is 0 Å². The second kappa shape index (κ2) is 7.27. The van der Waals surface area contributed by atoms with Crippen molar-refractivity contribution in [3.8, 4) is 22.6 Å². The molecule has 0 unspecified atom stereocenters. The number of rotatable bonds is 5. The van der Waals surface area contributed by atoms with E-state index in [1.165, 1.54) is 0 Å². The van der Waals surface area contributed by atoms with Crippen LogP contribution in [0.15, 0.2) is 73.0 Å². The van der Waals surface area contributed by atoms with Gasteiger partial charge in [0.25, 0.3) is 0 Å². The Morgan fingerprint density at radius 1 is 0.909 bits per heavy atom. The van der Waals surface area contributed by atoms with E-state index in [1.807, 2.05) is 56.3 Å². The van der Waals surface area contributed by atoms with E-state index in [4.69, 9.17) is 9.47 Å². The smallest absolute Gasteiger partial charge is 0.335 e. The summed E-state index contributed by atoms with van der Waals surface area (Å²) in [6.45, 7) is 7.22. The molecule has 112 valence electrons. The van der Waals surface area contributed by atoms with Gasteiger partial charge in [0.2, 0.25) is 0 Å². The number of hydrogen-bond acceptors (Lipinski definition) is 3. The molecule has 0 atom stereocenters. The van der Waals surface area contributed by atoms with Crippen LogP contribution in [0.3, 0.4) is 0 Å². The van der Waals surface area contributed by atoms with Crippen LogP contribution in [0.5, 0.6) is 11.5 Å². The van der Waals surface area contributed by atoms with Gasteiger partial charge in [-0.25, -0.2) is 4.79 Å². The average molecular weight is 294 g/mol. The van der Waals surface area contributed by atoms with Gasteiger partial charge in [0.05, 0.1) is 5.76 Å². The highest BCUT2D eigenvalue weighted by Gasteiger charge is 2.02. The van der Waals surface area contributed by atoms with E-state index < -0.39 is 5.97 Å². The normalized spacial score (nSPS) is 10.9. The van der Waals surface area contributed by atoms with E-state index in [-0.39, 0.29) is 0 Å². The molecular formula is C19H18O3. The molecule has 0 spiro atoms. The maximum absolute atomic E-state index is 11.1. The summed E-state index contributed by atoms with van der Waals surface area (Å²) in [6, 6.07) is 15.1. The third-order valence-electron chi connectivity index (χ3n) is 3.11. The predicted molar refractivity (Wildman–Crippen MR) is 87.8 cm³/mol. The Labute approximate surface area is 130 Å². The largest absolute Gasteiger partial charge is 0.462 e. The van der Waals surface area contributed by atoms with Crippen molar-refractivity contribution >= 4 is 5.97 Å². The topological polar surface area (TPSA) is 35.5 Å². The summed E-state index contributed by atoms with van der Waals surface area (Å²) in [6.07, 6.45) is 3.05. The lowest BCUT2D eigenvalue weighted by Crippen LogP contribution is -2.02. The minimum absolute atomic E-state index is 0.464. The fraction of sp³-hybridized carbons (Fsp3) is 0.105. The first kappa shape index (κ1) is 15.6. The summed E-state index contributed by atoms with van der Waals surface area (Å²) in [4.78, 5) is 11.1. The lowest BCUT2D eigenvalue weighted by atomic mass is 10.1. The molecule has 0 aliphatic carbocycles. The molecule has 22 heavy (non-hydrogen) atoms. The Balaban J connectivity index is 2.11. The van der Waals surface area contributed by atoms with E-state index in [0.29, 0.717) is 5.75 Å². The number of hydrogen-bond donors (Lipinski definition) is 0. The van der Waals surface area contributed by atoms with Gasteiger partial charge < -0.3 is 9.47 Å².